The zero-order valence-corrected chi connectivity index (χ0v) is 11.9. The molecule has 0 aliphatic carbocycles. The van der Waals surface area contributed by atoms with Crippen molar-refractivity contribution in [3.63, 3.8) is 0 Å². The van der Waals surface area contributed by atoms with Gasteiger partial charge in [-0.1, -0.05) is 0 Å². The molecule has 3 aromatic rings. The van der Waals surface area contributed by atoms with E-state index in [1.807, 2.05) is 6.92 Å². The summed E-state index contributed by atoms with van der Waals surface area (Å²) in [7, 11) is 0. The number of aryl methyl sites for hydroxylation is 1. The van der Waals surface area contributed by atoms with Gasteiger partial charge in [-0.2, -0.15) is 0 Å². The topological polar surface area (TPSA) is 45.2 Å². The highest BCUT2D eigenvalue weighted by atomic mass is 32.1. The average Bonchev–Trinajstić information content (AvgIpc) is 2.78. The van der Waals surface area contributed by atoms with Gasteiger partial charge in [-0.3, -0.25) is 4.90 Å². The van der Waals surface area contributed by atoms with Gasteiger partial charge in [0.25, 0.3) is 0 Å². The lowest BCUT2D eigenvalue weighted by molar-refractivity contribution is 0.259. The van der Waals surface area contributed by atoms with Crippen LogP contribution in [0.3, 0.4) is 0 Å². The van der Waals surface area contributed by atoms with Crippen LogP contribution in [0.2, 0.25) is 0 Å². The normalized spacial score (nSPS) is 13.6. The maximum absolute atomic E-state index is 13.1. The smallest absolute Gasteiger partial charge is 0.305 e. The first-order valence-corrected chi connectivity index (χ1v) is 7.21. The van der Waals surface area contributed by atoms with Gasteiger partial charge in [0.15, 0.2) is 0 Å². The fraction of sp³-hybridized carbons (Fsp3) is 0.0667. The molecule has 1 N–H and O–H groups in total. The van der Waals surface area contributed by atoms with Crippen molar-refractivity contribution in [3.05, 3.63) is 47.2 Å². The van der Waals surface area contributed by atoms with E-state index in [1.165, 1.54) is 12.1 Å². The number of hydrogen-bond donors (Lipinski definition) is 1. The van der Waals surface area contributed by atoms with E-state index in [0.29, 0.717) is 5.69 Å². The number of carbonyl (C=O) groups excluding carboxylic acids is 1. The van der Waals surface area contributed by atoms with Gasteiger partial charge < -0.3 is 5.32 Å². The monoisotopic (exact) mass is 299 g/mol. The Morgan fingerprint density at radius 2 is 2.00 bits per heavy atom. The molecule has 21 heavy (non-hydrogen) atoms. The first-order valence-electron chi connectivity index (χ1n) is 6.40. The molecule has 1 aliphatic rings. The summed E-state index contributed by atoms with van der Waals surface area (Å²) in [6.45, 7) is 1.96. The predicted octanol–water partition coefficient (Wildman–Crippen LogP) is 4.43. The number of thiophene rings is 1. The number of nitrogens with one attached hydrogen (secondary N) is 1. The Hall–Kier alpha value is -2.47. The third-order valence-electron chi connectivity index (χ3n) is 3.51. The third kappa shape index (κ3) is 1.72. The van der Waals surface area contributed by atoms with Crippen LogP contribution in [0.25, 0.3) is 10.2 Å². The molecular formula is C15H10FN3OS. The Kier molecular flexibility index (Phi) is 2.49. The quantitative estimate of drug-likeness (QED) is 0.722. The fourth-order valence-electron chi connectivity index (χ4n) is 2.57. The molecule has 2 amide bonds. The van der Waals surface area contributed by atoms with Crippen molar-refractivity contribution in [2.45, 2.75) is 6.92 Å². The molecular weight excluding hydrogens is 289 g/mol. The Morgan fingerprint density at radius 1 is 1.24 bits per heavy atom. The summed E-state index contributed by atoms with van der Waals surface area (Å²) < 4.78 is 13.1. The largest absolute Gasteiger partial charge is 0.331 e. The highest BCUT2D eigenvalue weighted by Crippen LogP contribution is 2.45. The van der Waals surface area contributed by atoms with Gasteiger partial charge in [-0.05, 0) is 37.3 Å². The van der Waals surface area contributed by atoms with E-state index in [4.69, 9.17) is 0 Å². The van der Waals surface area contributed by atoms with E-state index in [2.05, 4.69) is 10.3 Å². The van der Waals surface area contributed by atoms with Gasteiger partial charge in [-0.25, -0.2) is 14.2 Å². The molecule has 0 fully saturated rings. The highest BCUT2D eigenvalue weighted by Gasteiger charge is 2.29. The molecule has 0 saturated carbocycles. The lowest BCUT2D eigenvalue weighted by atomic mass is 10.1. The van der Waals surface area contributed by atoms with Crippen molar-refractivity contribution >= 4 is 44.6 Å². The van der Waals surface area contributed by atoms with Crippen LogP contribution in [-0.2, 0) is 0 Å². The summed E-state index contributed by atoms with van der Waals surface area (Å²) in [4.78, 5) is 20.2. The van der Waals surface area contributed by atoms with Crippen molar-refractivity contribution in [1.82, 2.24) is 4.98 Å². The number of urea groups is 1. The summed E-state index contributed by atoms with van der Waals surface area (Å²) in [5.74, 6) is -0.330. The number of pyridine rings is 1. The Morgan fingerprint density at radius 3 is 2.76 bits per heavy atom. The van der Waals surface area contributed by atoms with Crippen molar-refractivity contribution < 1.29 is 9.18 Å². The molecule has 0 atom stereocenters. The summed E-state index contributed by atoms with van der Waals surface area (Å²) >= 11 is 1.55. The van der Waals surface area contributed by atoms with Crippen molar-refractivity contribution in [2.24, 2.45) is 0 Å². The Bertz CT molecular complexity index is 873. The van der Waals surface area contributed by atoms with Gasteiger partial charge in [0.05, 0.1) is 22.4 Å². The maximum Gasteiger partial charge on any atom is 0.331 e. The first kappa shape index (κ1) is 12.3. The number of amides is 2. The van der Waals surface area contributed by atoms with E-state index >= 15 is 0 Å². The van der Waals surface area contributed by atoms with E-state index < -0.39 is 0 Å². The van der Waals surface area contributed by atoms with E-state index in [0.717, 1.165) is 26.5 Å². The van der Waals surface area contributed by atoms with Gasteiger partial charge in [-0.15, -0.1) is 11.3 Å². The van der Waals surface area contributed by atoms with Gasteiger partial charge in [0, 0.05) is 11.1 Å². The molecule has 0 saturated heterocycles. The van der Waals surface area contributed by atoms with E-state index in [1.54, 1.807) is 40.6 Å². The van der Waals surface area contributed by atoms with Crippen LogP contribution in [0, 0.1) is 12.7 Å². The molecule has 104 valence electrons. The number of hydrogen-bond acceptors (Lipinski definition) is 3. The number of nitrogens with zero attached hydrogens (tertiary/aromatic N) is 2. The standard InChI is InChI=1S/C15H10FN3OS/c1-8-13-12-11(6-7-17-14(12)21-8)19(15(20)18-13)10-4-2-9(16)3-5-10/h2-7H,1H3,(H,18,20). The van der Waals surface area contributed by atoms with Crippen LogP contribution in [0.15, 0.2) is 36.5 Å². The van der Waals surface area contributed by atoms with Gasteiger partial charge in [0.2, 0.25) is 0 Å². The molecule has 4 rings (SSSR count). The molecule has 3 heterocycles. The van der Waals surface area contributed by atoms with Crippen molar-refractivity contribution in [2.75, 3.05) is 10.2 Å². The van der Waals surface area contributed by atoms with Crippen molar-refractivity contribution in [3.8, 4) is 0 Å². The van der Waals surface area contributed by atoms with E-state index in [9.17, 15) is 9.18 Å². The second-order valence-corrected chi connectivity index (χ2v) is 5.99. The van der Waals surface area contributed by atoms with Gasteiger partial charge >= 0.3 is 6.03 Å². The van der Waals surface area contributed by atoms with Crippen LogP contribution >= 0.6 is 11.3 Å². The van der Waals surface area contributed by atoms with Crippen LogP contribution < -0.4 is 10.2 Å². The zero-order valence-electron chi connectivity index (χ0n) is 11.1. The Labute approximate surface area is 123 Å². The molecule has 0 spiro atoms. The SMILES string of the molecule is Cc1sc2nccc3c2c1NC(=O)N3c1ccc(F)cc1. The number of halogens is 1. The summed E-state index contributed by atoms with van der Waals surface area (Å²) in [5.41, 5.74) is 2.21. The molecule has 2 aromatic heterocycles. The first-order chi connectivity index (χ1) is 10.1. The Balaban J connectivity index is 1.99. The summed E-state index contributed by atoms with van der Waals surface area (Å²) in [6.07, 6.45) is 1.69. The average molecular weight is 299 g/mol. The van der Waals surface area contributed by atoms with Gasteiger partial charge in [0.1, 0.15) is 10.6 Å². The lowest BCUT2D eigenvalue weighted by Gasteiger charge is -2.28. The minimum Gasteiger partial charge on any atom is -0.305 e. The number of rotatable bonds is 1. The molecule has 0 bridgehead atoms. The third-order valence-corrected chi connectivity index (χ3v) is 4.52. The second kappa shape index (κ2) is 4.26. The molecule has 1 aliphatic heterocycles. The van der Waals surface area contributed by atoms with Crippen LogP contribution in [0.4, 0.5) is 26.2 Å². The van der Waals surface area contributed by atoms with Crippen LogP contribution in [-0.4, -0.2) is 11.0 Å². The summed E-state index contributed by atoms with van der Waals surface area (Å²) in [5, 5.41) is 3.83. The zero-order chi connectivity index (χ0) is 14.6. The predicted molar refractivity (Wildman–Crippen MR) is 81.9 cm³/mol. The summed E-state index contributed by atoms with van der Waals surface area (Å²) in [6, 6.07) is 7.42. The molecule has 0 radical (unpaired) electrons. The van der Waals surface area contributed by atoms with Crippen molar-refractivity contribution in [1.29, 1.82) is 0 Å². The maximum atomic E-state index is 13.1. The minimum absolute atomic E-state index is 0.247. The molecule has 1 aromatic carbocycles. The molecule has 6 heteroatoms. The minimum atomic E-state index is -0.330. The number of anilines is 3. The van der Waals surface area contributed by atoms with Crippen LogP contribution in [0.1, 0.15) is 4.88 Å². The second-order valence-electron chi connectivity index (χ2n) is 4.79. The number of aromatic nitrogens is 1. The lowest BCUT2D eigenvalue weighted by Crippen LogP contribution is -2.33. The van der Waals surface area contributed by atoms with E-state index in [-0.39, 0.29) is 11.8 Å². The number of benzene rings is 1. The molecule has 4 nitrogen and oxygen atoms in total. The highest BCUT2D eigenvalue weighted by molar-refractivity contribution is 7.19. The van der Waals surface area contributed by atoms with Crippen LogP contribution in [0.5, 0.6) is 0 Å². The fourth-order valence-corrected chi connectivity index (χ4v) is 3.54. The molecule has 0 unspecified atom stereocenters. The number of carbonyl (C=O) groups is 1.